The molecule has 2 aromatic heterocycles. The molecule has 9 nitrogen and oxygen atoms in total. The van der Waals surface area contributed by atoms with Crippen molar-refractivity contribution in [3.05, 3.63) is 36.4 Å². The molecule has 27 heavy (non-hydrogen) atoms. The van der Waals surface area contributed by atoms with Gasteiger partial charge in [-0.15, -0.1) is 15.3 Å². The number of hydrogen-bond donors (Lipinski definition) is 1. The van der Waals surface area contributed by atoms with E-state index >= 15 is 0 Å². The third-order valence-electron chi connectivity index (χ3n) is 3.73. The van der Waals surface area contributed by atoms with Crippen molar-refractivity contribution >= 4 is 15.7 Å². The van der Waals surface area contributed by atoms with Gasteiger partial charge in [-0.1, -0.05) is 6.92 Å². The van der Waals surface area contributed by atoms with E-state index in [1.165, 1.54) is 0 Å². The molecule has 144 valence electrons. The number of ether oxygens (including phenoxy) is 2. The Kier molecular flexibility index (Phi) is 5.87. The van der Waals surface area contributed by atoms with Crippen LogP contribution < -0.4 is 14.2 Å². The average Bonchev–Trinajstić information content (AvgIpc) is 3.08. The molecule has 0 bridgehead atoms. The molecular formula is C17H21N5O4S. The van der Waals surface area contributed by atoms with Gasteiger partial charge in [0.05, 0.1) is 12.9 Å². The first-order chi connectivity index (χ1) is 13.0. The number of nitrogens with one attached hydrogen (secondary N) is 1. The zero-order valence-corrected chi connectivity index (χ0v) is 15.9. The highest BCUT2D eigenvalue weighted by Gasteiger charge is 2.11. The van der Waals surface area contributed by atoms with E-state index in [1.54, 1.807) is 23.8 Å². The average molecular weight is 391 g/mol. The van der Waals surface area contributed by atoms with E-state index in [0.29, 0.717) is 23.8 Å². The van der Waals surface area contributed by atoms with Crippen molar-refractivity contribution in [2.24, 2.45) is 0 Å². The number of nitrogens with zero attached hydrogens (tertiary/aromatic N) is 4. The summed E-state index contributed by atoms with van der Waals surface area (Å²) >= 11 is 0. The van der Waals surface area contributed by atoms with Crippen LogP contribution in [0.15, 0.2) is 36.4 Å². The Morgan fingerprint density at radius 3 is 2.59 bits per heavy atom. The molecule has 0 aliphatic rings. The molecule has 0 aliphatic carbocycles. The molecule has 0 spiro atoms. The van der Waals surface area contributed by atoms with Gasteiger partial charge >= 0.3 is 0 Å². The second kappa shape index (κ2) is 8.31. The Hall–Kier alpha value is -2.72. The summed E-state index contributed by atoms with van der Waals surface area (Å²) in [5.74, 6) is 1.77. The smallest absolute Gasteiger partial charge is 0.231 e. The molecule has 10 heteroatoms. The van der Waals surface area contributed by atoms with Crippen LogP contribution in [0.2, 0.25) is 0 Å². The van der Waals surface area contributed by atoms with Gasteiger partial charge in [0.25, 0.3) is 0 Å². The van der Waals surface area contributed by atoms with Crippen molar-refractivity contribution in [2.45, 2.75) is 13.3 Å². The van der Waals surface area contributed by atoms with E-state index in [1.807, 2.05) is 31.2 Å². The number of rotatable bonds is 9. The maximum absolute atomic E-state index is 11.6. The quantitative estimate of drug-likeness (QED) is 0.551. The standard InChI is InChI=1S/C17H21N5O4S/c1-3-12-27(23,24)18-10-11-26-16-9-8-15-19-20-17(22(15)21-16)13-4-6-14(25-2)7-5-13/h4-9,18H,3,10-12H2,1-2H3. The molecule has 0 unspecified atom stereocenters. The molecule has 0 saturated carbocycles. The van der Waals surface area contributed by atoms with Crippen molar-refractivity contribution in [2.75, 3.05) is 26.0 Å². The molecule has 0 amide bonds. The number of aromatic nitrogens is 4. The van der Waals surface area contributed by atoms with Crippen molar-refractivity contribution in [3.63, 3.8) is 0 Å². The second-order valence-electron chi connectivity index (χ2n) is 5.76. The minimum atomic E-state index is -3.25. The van der Waals surface area contributed by atoms with E-state index in [9.17, 15) is 8.42 Å². The molecule has 3 rings (SSSR count). The highest BCUT2D eigenvalue weighted by Crippen LogP contribution is 2.21. The second-order valence-corrected chi connectivity index (χ2v) is 7.68. The van der Waals surface area contributed by atoms with Crippen molar-refractivity contribution < 1.29 is 17.9 Å². The lowest BCUT2D eigenvalue weighted by molar-refractivity contribution is 0.306. The van der Waals surface area contributed by atoms with Gasteiger partial charge < -0.3 is 9.47 Å². The van der Waals surface area contributed by atoms with Gasteiger partial charge in [0.1, 0.15) is 12.4 Å². The van der Waals surface area contributed by atoms with E-state index in [-0.39, 0.29) is 18.9 Å². The lowest BCUT2D eigenvalue weighted by atomic mass is 10.2. The van der Waals surface area contributed by atoms with Gasteiger partial charge in [0.15, 0.2) is 11.5 Å². The first kappa shape index (κ1) is 19.1. The molecule has 1 aromatic carbocycles. The van der Waals surface area contributed by atoms with Crippen LogP contribution >= 0.6 is 0 Å². The largest absolute Gasteiger partial charge is 0.497 e. The molecule has 0 atom stereocenters. The van der Waals surface area contributed by atoms with Crippen LogP contribution in [0.1, 0.15) is 13.3 Å². The molecule has 0 fully saturated rings. The number of fused-ring (bicyclic) bond motifs is 1. The Labute approximate surface area is 157 Å². The summed E-state index contributed by atoms with van der Waals surface area (Å²) in [7, 11) is -1.64. The molecule has 2 heterocycles. The zero-order valence-electron chi connectivity index (χ0n) is 15.1. The molecule has 0 radical (unpaired) electrons. The topological polar surface area (TPSA) is 108 Å². The maximum Gasteiger partial charge on any atom is 0.231 e. The minimum absolute atomic E-state index is 0.100. The molecule has 0 aliphatic heterocycles. The SMILES string of the molecule is CCCS(=O)(=O)NCCOc1ccc2nnc(-c3ccc(OC)cc3)n2n1. The summed E-state index contributed by atoms with van der Waals surface area (Å²) in [6, 6.07) is 10.8. The van der Waals surface area contributed by atoms with Crippen LogP contribution in [0, 0.1) is 0 Å². The fourth-order valence-corrected chi connectivity index (χ4v) is 3.54. The maximum atomic E-state index is 11.6. The number of hydrogen-bond acceptors (Lipinski definition) is 7. The lowest BCUT2D eigenvalue weighted by Crippen LogP contribution is -2.30. The zero-order chi connectivity index (χ0) is 19.3. The Morgan fingerprint density at radius 1 is 1.11 bits per heavy atom. The summed E-state index contributed by atoms with van der Waals surface area (Å²) in [5, 5.41) is 12.7. The normalized spacial score (nSPS) is 11.6. The molecule has 0 saturated heterocycles. The highest BCUT2D eigenvalue weighted by atomic mass is 32.2. The van der Waals surface area contributed by atoms with E-state index < -0.39 is 10.0 Å². The number of benzene rings is 1. The number of sulfonamides is 1. The van der Waals surface area contributed by atoms with E-state index in [0.717, 1.165) is 11.3 Å². The van der Waals surface area contributed by atoms with Gasteiger partial charge in [-0.05, 0) is 36.8 Å². The highest BCUT2D eigenvalue weighted by molar-refractivity contribution is 7.89. The first-order valence-corrected chi connectivity index (χ1v) is 10.1. The van der Waals surface area contributed by atoms with Crippen molar-refractivity contribution in [3.8, 4) is 23.0 Å². The van der Waals surface area contributed by atoms with E-state index in [2.05, 4.69) is 20.0 Å². The molecular weight excluding hydrogens is 370 g/mol. The van der Waals surface area contributed by atoms with Gasteiger partial charge in [0.2, 0.25) is 15.9 Å². The van der Waals surface area contributed by atoms with Gasteiger partial charge in [-0.2, -0.15) is 4.52 Å². The monoisotopic (exact) mass is 391 g/mol. The fraction of sp³-hybridized carbons (Fsp3) is 0.353. The van der Waals surface area contributed by atoms with Crippen LogP contribution in [0.5, 0.6) is 11.6 Å². The summed E-state index contributed by atoms with van der Waals surface area (Å²) in [6.45, 7) is 2.16. The van der Waals surface area contributed by atoms with Crippen LogP contribution in [0.25, 0.3) is 17.0 Å². The van der Waals surface area contributed by atoms with Crippen LogP contribution in [0.3, 0.4) is 0 Å². The van der Waals surface area contributed by atoms with Crippen LogP contribution in [-0.4, -0.2) is 54.2 Å². The molecule has 1 N–H and O–H groups in total. The van der Waals surface area contributed by atoms with E-state index in [4.69, 9.17) is 9.47 Å². The Balaban J connectivity index is 1.71. The van der Waals surface area contributed by atoms with Gasteiger partial charge in [0, 0.05) is 18.2 Å². The number of methoxy groups -OCH3 is 1. The van der Waals surface area contributed by atoms with Crippen molar-refractivity contribution in [1.82, 2.24) is 24.5 Å². The summed E-state index contributed by atoms with van der Waals surface area (Å²) in [5.41, 5.74) is 1.41. The minimum Gasteiger partial charge on any atom is -0.497 e. The van der Waals surface area contributed by atoms with Crippen LogP contribution in [0.4, 0.5) is 0 Å². The third-order valence-corrected chi connectivity index (χ3v) is 5.32. The first-order valence-electron chi connectivity index (χ1n) is 8.49. The Morgan fingerprint density at radius 2 is 1.89 bits per heavy atom. The summed E-state index contributed by atoms with van der Waals surface area (Å²) in [6.07, 6.45) is 0.566. The predicted octanol–water partition coefficient (Wildman–Crippen LogP) is 1.51. The third kappa shape index (κ3) is 4.72. The van der Waals surface area contributed by atoms with Gasteiger partial charge in [-0.3, -0.25) is 0 Å². The summed E-state index contributed by atoms with van der Waals surface area (Å²) in [4.78, 5) is 0. The molecule has 3 aromatic rings. The fourth-order valence-electron chi connectivity index (χ4n) is 2.46. The predicted molar refractivity (Wildman–Crippen MR) is 100 cm³/mol. The van der Waals surface area contributed by atoms with Gasteiger partial charge in [-0.25, -0.2) is 13.1 Å². The lowest BCUT2D eigenvalue weighted by Gasteiger charge is -2.08. The van der Waals surface area contributed by atoms with Crippen LogP contribution in [-0.2, 0) is 10.0 Å². The van der Waals surface area contributed by atoms with Crippen molar-refractivity contribution in [1.29, 1.82) is 0 Å². The Bertz CT molecular complexity index is 1000. The summed E-state index contributed by atoms with van der Waals surface area (Å²) < 4.78 is 38.0.